The number of hydrogen-bond donors (Lipinski definition) is 2. The highest BCUT2D eigenvalue weighted by molar-refractivity contribution is 5.85. The monoisotopic (exact) mass is 305 g/mol. The minimum atomic E-state index is -0.0662. The van der Waals surface area contributed by atoms with Crippen molar-refractivity contribution in [3.05, 3.63) is 0 Å². The molecule has 4 fully saturated rings. The number of hydrogen-bond acceptors (Lipinski definition) is 3. The first-order valence-electron chi connectivity index (χ1n) is 9.37. The van der Waals surface area contributed by atoms with E-state index in [1.54, 1.807) is 0 Å². The number of oxime groups is 1. The molecule has 0 aromatic rings. The first kappa shape index (κ1) is 15.0. The third-order valence-corrected chi connectivity index (χ3v) is 8.59. The van der Waals surface area contributed by atoms with E-state index in [-0.39, 0.29) is 11.5 Å². The lowest BCUT2D eigenvalue weighted by Crippen LogP contribution is -2.54. The molecule has 0 amide bonds. The average Bonchev–Trinajstić information content (AvgIpc) is 2.82. The Morgan fingerprint density at radius 2 is 1.73 bits per heavy atom. The topological polar surface area (TPSA) is 52.8 Å². The summed E-state index contributed by atoms with van der Waals surface area (Å²) in [6, 6.07) is 0. The molecule has 4 saturated carbocycles. The Labute approximate surface area is 134 Å². The first-order chi connectivity index (χ1) is 10.5. The fraction of sp³-hybridized carbons (Fsp3) is 0.947. The summed E-state index contributed by atoms with van der Waals surface area (Å²) in [7, 11) is 0. The maximum absolute atomic E-state index is 10.5. The molecule has 7 atom stereocenters. The van der Waals surface area contributed by atoms with Crippen molar-refractivity contribution in [2.45, 2.75) is 77.7 Å². The van der Waals surface area contributed by atoms with E-state index in [1.165, 1.54) is 38.5 Å². The van der Waals surface area contributed by atoms with Crippen molar-refractivity contribution in [1.82, 2.24) is 0 Å². The van der Waals surface area contributed by atoms with Gasteiger partial charge in [-0.1, -0.05) is 19.0 Å². The maximum Gasteiger partial charge on any atom is 0.0596 e. The van der Waals surface area contributed by atoms with Gasteiger partial charge in [0.2, 0.25) is 0 Å². The van der Waals surface area contributed by atoms with Crippen LogP contribution in [0.15, 0.2) is 5.16 Å². The minimum absolute atomic E-state index is 0.0662. The summed E-state index contributed by atoms with van der Waals surface area (Å²) >= 11 is 0. The molecule has 0 spiro atoms. The highest BCUT2D eigenvalue weighted by Gasteiger charge is 2.59. The molecule has 0 aliphatic heterocycles. The molecular formula is C19H31NO2. The van der Waals surface area contributed by atoms with Crippen molar-refractivity contribution < 1.29 is 10.3 Å². The predicted molar refractivity (Wildman–Crippen MR) is 87.0 cm³/mol. The molecule has 0 aromatic heterocycles. The highest BCUT2D eigenvalue weighted by atomic mass is 16.4. The van der Waals surface area contributed by atoms with E-state index in [2.05, 4.69) is 19.0 Å². The second-order valence-electron chi connectivity index (χ2n) is 9.16. The Kier molecular flexibility index (Phi) is 3.38. The minimum Gasteiger partial charge on any atom is -0.411 e. The Morgan fingerprint density at radius 3 is 2.50 bits per heavy atom. The summed E-state index contributed by atoms with van der Waals surface area (Å²) < 4.78 is 0. The Bertz CT molecular complexity index is 490. The molecule has 0 heterocycles. The van der Waals surface area contributed by atoms with Gasteiger partial charge in [-0.3, -0.25) is 0 Å². The third-order valence-electron chi connectivity index (χ3n) is 8.59. The zero-order valence-corrected chi connectivity index (χ0v) is 14.1. The van der Waals surface area contributed by atoms with Crippen LogP contribution < -0.4 is 0 Å². The molecule has 0 saturated heterocycles. The van der Waals surface area contributed by atoms with Crippen molar-refractivity contribution in [2.75, 3.05) is 0 Å². The van der Waals surface area contributed by atoms with Crippen molar-refractivity contribution >= 4 is 5.71 Å². The number of aliphatic hydroxyl groups is 1. The number of fused-ring (bicyclic) bond motifs is 5. The largest absolute Gasteiger partial charge is 0.411 e. The molecule has 2 N–H and O–H groups in total. The van der Waals surface area contributed by atoms with Crippen LogP contribution in [0, 0.1) is 34.5 Å². The van der Waals surface area contributed by atoms with Crippen LogP contribution in [0.25, 0.3) is 0 Å². The van der Waals surface area contributed by atoms with Gasteiger partial charge in [0.1, 0.15) is 0 Å². The van der Waals surface area contributed by atoms with Gasteiger partial charge in [-0.25, -0.2) is 0 Å². The smallest absolute Gasteiger partial charge is 0.0596 e. The van der Waals surface area contributed by atoms with Crippen molar-refractivity contribution in [1.29, 1.82) is 0 Å². The highest BCUT2D eigenvalue weighted by Crippen LogP contribution is 2.65. The Balaban J connectivity index is 1.62. The molecule has 0 aromatic carbocycles. The SMILES string of the molecule is C[C@]12CC[C@H]3[C@@H](CC[C@@H]4C/C(=N\O)CC[C@@]43C)[C@H]1CC[C@@H]2O. The van der Waals surface area contributed by atoms with E-state index in [4.69, 9.17) is 5.21 Å². The third kappa shape index (κ3) is 1.87. The van der Waals surface area contributed by atoms with Crippen LogP contribution in [-0.4, -0.2) is 22.1 Å². The maximum atomic E-state index is 10.5. The van der Waals surface area contributed by atoms with Crippen LogP contribution in [0.4, 0.5) is 0 Å². The second-order valence-corrected chi connectivity index (χ2v) is 9.16. The number of nitrogens with zero attached hydrogens (tertiary/aromatic N) is 1. The standard InChI is InChI=1S/C19H31NO2/c1-18-9-7-13(20-22)11-12(18)3-4-14-15-5-6-17(21)19(15,2)10-8-16(14)18/h12,14-17,21-22H,3-11H2,1-2H3/b20-13-/t12-,14+,15-,16+,17+,18+,19+/m1/s1. The quantitative estimate of drug-likeness (QED) is 0.520. The van der Waals surface area contributed by atoms with Crippen molar-refractivity contribution in [3.8, 4) is 0 Å². The number of rotatable bonds is 0. The van der Waals surface area contributed by atoms with Gasteiger partial charge in [0.25, 0.3) is 0 Å². The lowest BCUT2D eigenvalue weighted by Gasteiger charge is -2.60. The van der Waals surface area contributed by atoms with Gasteiger partial charge in [0.05, 0.1) is 11.8 Å². The zero-order chi connectivity index (χ0) is 15.5. The van der Waals surface area contributed by atoms with Gasteiger partial charge >= 0.3 is 0 Å². The van der Waals surface area contributed by atoms with E-state index >= 15 is 0 Å². The van der Waals surface area contributed by atoms with Crippen LogP contribution in [0.2, 0.25) is 0 Å². The van der Waals surface area contributed by atoms with Crippen LogP contribution in [-0.2, 0) is 0 Å². The van der Waals surface area contributed by atoms with Crippen LogP contribution in [0.5, 0.6) is 0 Å². The van der Waals surface area contributed by atoms with Gasteiger partial charge in [0, 0.05) is 0 Å². The Hall–Kier alpha value is -0.570. The predicted octanol–water partition coefficient (Wildman–Crippen LogP) is 4.22. The Morgan fingerprint density at radius 1 is 0.955 bits per heavy atom. The molecule has 0 bridgehead atoms. The van der Waals surface area contributed by atoms with E-state index in [1.807, 2.05) is 0 Å². The summed E-state index contributed by atoms with van der Waals surface area (Å²) in [4.78, 5) is 0. The summed E-state index contributed by atoms with van der Waals surface area (Å²) in [5, 5.41) is 23.2. The van der Waals surface area contributed by atoms with Gasteiger partial charge in [-0.2, -0.15) is 0 Å². The van der Waals surface area contributed by atoms with Gasteiger partial charge in [-0.05, 0) is 92.3 Å². The molecule has 124 valence electrons. The van der Waals surface area contributed by atoms with Crippen molar-refractivity contribution in [3.63, 3.8) is 0 Å². The van der Waals surface area contributed by atoms with Crippen molar-refractivity contribution in [2.24, 2.45) is 39.7 Å². The average molecular weight is 305 g/mol. The molecule has 3 nitrogen and oxygen atoms in total. The first-order valence-corrected chi connectivity index (χ1v) is 9.37. The molecule has 0 radical (unpaired) electrons. The van der Waals surface area contributed by atoms with E-state index in [9.17, 15) is 5.11 Å². The van der Waals surface area contributed by atoms with Gasteiger partial charge < -0.3 is 10.3 Å². The van der Waals surface area contributed by atoms with Gasteiger partial charge in [0.15, 0.2) is 0 Å². The molecule has 4 aliphatic rings. The van der Waals surface area contributed by atoms with E-state index in [0.29, 0.717) is 11.3 Å². The molecule has 4 rings (SSSR count). The van der Waals surface area contributed by atoms with E-state index < -0.39 is 0 Å². The lowest BCUT2D eigenvalue weighted by atomic mass is 9.45. The molecule has 22 heavy (non-hydrogen) atoms. The molecule has 0 unspecified atom stereocenters. The number of aliphatic hydroxyl groups excluding tert-OH is 1. The summed E-state index contributed by atoms with van der Waals surface area (Å²) in [6.45, 7) is 4.88. The normalized spacial score (nSPS) is 56.3. The molecule has 4 aliphatic carbocycles. The summed E-state index contributed by atoms with van der Waals surface area (Å²) in [5.41, 5.74) is 1.65. The fourth-order valence-corrected chi connectivity index (χ4v) is 7.12. The fourth-order valence-electron chi connectivity index (χ4n) is 7.12. The van der Waals surface area contributed by atoms with Crippen LogP contribution in [0.3, 0.4) is 0 Å². The molecular weight excluding hydrogens is 274 g/mol. The van der Waals surface area contributed by atoms with Crippen LogP contribution in [0.1, 0.15) is 71.6 Å². The zero-order valence-electron chi connectivity index (χ0n) is 14.1. The van der Waals surface area contributed by atoms with Crippen LogP contribution >= 0.6 is 0 Å². The summed E-state index contributed by atoms with van der Waals surface area (Å²) in [5.74, 6) is 3.11. The second kappa shape index (κ2) is 4.96. The van der Waals surface area contributed by atoms with Gasteiger partial charge in [-0.15, -0.1) is 0 Å². The summed E-state index contributed by atoms with van der Waals surface area (Å²) in [6.07, 6.45) is 10.5. The van der Waals surface area contributed by atoms with E-state index in [0.717, 1.165) is 42.7 Å². The molecule has 3 heteroatoms. The lowest BCUT2D eigenvalue weighted by molar-refractivity contribution is -0.112.